The lowest BCUT2D eigenvalue weighted by Gasteiger charge is -1.99. The van der Waals surface area contributed by atoms with Crippen LogP contribution in [0.15, 0.2) is 24.4 Å². The highest BCUT2D eigenvalue weighted by molar-refractivity contribution is 5.87. The van der Waals surface area contributed by atoms with E-state index in [1.54, 1.807) is 7.05 Å². The third-order valence-electron chi connectivity index (χ3n) is 3.22. The van der Waals surface area contributed by atoms with Crippen molar-refractivity contribution < 1.29 is 0 Å². The first-order chi connectivity index (χ1) is 8.69. The number of tetrazole rings is 1. The van der Waals surface area contributed by atoms with E-state index >= 15 is 0 Å². The van der Waals surface area contributed by atoms with E-state index in [4.69, 9.17) is 0 Å². The zero-order chi connectivity index (χ0) is 12.7. The Bertz CT molecular complexity index is 707. The van der Waals surface area contributed by atoms with Crippen molar-refractivity contribution in [3.05, 3.63) is 30.0 Å². The van der Waals surface area contributed by atoms with E-state index in [1.807, 2.05) is 0 Å². The van der Waals surface area contributed by atoms with Crippen LogP contribution in [0.25, 0.3) is 22.3 Å². The van der Waals surface area contributed by atoms with E-state index < -0.39 is 0 Å². The molecule has 0 bridgehead atoms. The van der Waals surface area contributed by atoms with Crippen LogP contribution < -0.4 is 0 Å². The van der Waals surface area contributed by atoms with Crippen molar-refractivity contribution in [3.8, 4) is 11.4 Å². The van der Waals surface area contributed by atoms with Crippen molar-refractivity contribution in [1.82, 2.24) is 24.8 Å². The summed E-state index contributed by atoms with van der Waals surface area (Å²) in [4.78, 5) is 1.47. The van der Waals surface area contributed by atoms with E-state index in [0.717, 1.165) is 12.0 Å². The SMILES string of the molecule is CCc1cn(C)c2cc(-c3nnn(C)n3)ccc12. The fourth-order valence-electron chi connectivity index (χ4n) is 2.29. The average molecular weight is 241 g/mol. The number of fused-ring (bicyclic) bond motifs is 1. The van der Waals surface area contributed by atoms with Gasteiger partial charge in [0.1, 0.15) is 0 Å². The van der Waals surface area contributed by atoms with Crippen LogP contribution in [0.1, 0.15) is 12.5 Å². The van der Waals surface area contributed by atoms with E-state index in [0.29, 0.717) is 5.82 Å². The quantitative estimate of drug-likeness (QED) is 0.688. The number of nitrogens with zero attached hydrogens (tertiary/aromatic N) is 5. The number of benzene rings is 1. The van der Waals surface area contributed by atoms with Crippen molar-refractivity contribution in [1.29, 1.82) is 0 Å². The fourth-order valence-corrected chi connectivity index (χ4v) is 2.29. The molecule has 0 saturated carbocycles. The summed E-state index contributed by atoms with van der Waals surface area (Å²) >= 11 is 0. The summed E-state index contributed by atoms with van der Waals surface area (Å²) < 4.78 is 2.15. The molecule has 0 aliphatic rings. The summed E-state index contributed by atoms with van der Waals surface area (Å²) in [7, 11) is 3.84. The van der Waals surface area contributed by atoms with E-state index in [1.165, 1.54) is 21.3 Å². The van der Waals surface area contributed by atoms with Crippen LogP contribution in [0.5, 0.6) is 0 Å². The standard InChI is InChI=1S/C13H15N5/c1-4-9-8-17(2)12-7-10(5-6-11(9)12)13-14-16-18(3)15-13/h5-8H,4H2,1-3H3. The highest BCUT2D eigenvalue weighted by atomic mass is 15.6. The minimum atomic E-state index is 0.665. The molecule has 0 N–H and O–H groups in total. The first-order valence-corrected chi connectivity index (χ1v) is 6.01. The van der Waals surface area contributed by atoms with Gasteiger partial charge in [0, 0.05) is 29.7 Å². The van der Waals surface area contributed by atoms with Crippen LogP contribution in [-0.4, -0.2) is 24.8 Å². The lowest BCUT2D eigenvalue weighted by atomic mass is 10.1. The second kappa shape index (κ2) is 3.94. The van der Waals surface area contributed by atoms with Crippen LogP contribution >= 0.6 is 0 Å². The lowest BCUT2D eigenvalue weighted by molar-refractivity contribution is 0.630. The fraction of sp³-hybridized carbons (Fsp3) is 0.308. The minimum Gasteiger partial charge on any atom is -0.350 e. The Morgan fingerprint density at radius 1 is 1.22 bits per heavy atom. The van der Waals surface area contributed by atoms with Gasteiger partial charge in [0.05, 0.1) is 7.05 Å². The van der Waals surface area contributed by atoms with Gasteiger partial charge in [-0.05, 0) is 23.3 Å². The maximum absolute atomic E-state index is 4.23. The summed E-state index contributed by atoms with van der Waals surface area (Å²) in [6, 6.07) is 6.31. The Morgan fingerprint density at radius 3 is 2.72 bits per heavy atom. The molecule has 3 aromatic rings. The summed E-state index contributed by atoms with van der Waals surface area (Å²) in [5.74, 6) is 0.665. The monoisotopic (exact) mass is 241 g/mol. The predicted octanol–water partition coefficient (Wildman–Crippen LogP) is 1.93. The highest BCUT2D eigenvalue weighted by Gasteiger charge is 2.09. The van der Waals surface area contributed by atoms with Crippen LogP contribution in [-0.2, 0) is 20.5 Å². The number of hydrogen-bond acceptors (Lipinski definition) is 3. The van der Waals surface area contributed by atoms with E-state index in [-0.39, 0.29) is 0 Å². The molecule has 0 radical (unpaired) electrons. The zero-order valence-electron chi connectivity index (χ0n) is 10.8. The van der Waals surface area contributed by atoms with Crippen molar-refractivity contribution in [3.63, 3.8) is 0 Å². The molecular formula is C13H15N5. The third kappa shape index (κ3) is 1.59. The van der Waals surface area contributed by atoms with E-state index in [2.05, 4.69) is 58.3 Å². The molecule has 1 aromatic carbocycles. The van der Waals surface area contributed by atoms with Gasteiger partial charge in [-0.1, -0.05) is 19.1 Å². The molecule has 2 aromatic heterocycles. The molecule has 5 nitrogen and oxygen atoms in total. The first kappa shape index (κ1) is 11.0. The van der Waals surface area contributed by atoms with Gasteiger partial charge in [0.25, 0.3) is 0 Å². The van der Waals surface area contributed by atoms with Crippen molar-refractivity contribution in [2.24, 2.45) is 14.1 Å². The maximum atomic E-state index is 4.23. The zero-order valence-corrected chi connectivity index (χ0v) is 10.8. The molecule has 0 aliphatic heterocycles. The highest BCUT2D eigenvalue weighted by Crippen LogP contribution is 2.25. The Balaban J connectivity index is 2.19. The summed E-state index contributed by atoms with van der Waals surface area (Å²) in [5, 5.41) is 13.4. The van der Waals surface area contributed by atoms with Gasteiger partial charge in [-0.3, -0.25) is 0 Å². The maximum Gasteiger partial charge on any atom is 0.204 e. The molecule has 0 fully saturated rings. The molecule has 0 saturated heterocycles. The molecule has 0 aliphatic carbocycles. The Morgan fingerprint density at radius 2 is 2.06 bits per heavy atom. The van der Waals surface area contributed by atoms with Crippen molar-refractivity contribution in [2.75, 3.05) is 0 Å². The summed E-state index contributed by atoms with van der Waals surface area (Å²) in [5.41, 5.74) is 3.57. The molecule has 0 amide bonds. The molecule has 0 unspecified atom stereocenters. The van der Waals surface area contributed by atoms with Gasteiger partial charge < -0.3 is 4.57 Å². The summed E-state index contributed by atoms with van der Waals surface area (Å²) in [6.45, 7) is 2.17. The van der Waals surface area contributed by atoms with Gasteiger partial charge in [0.2, 0.25) is 5.82 Å². The van der Waals surface area contributed by atoms with Crippen molar-refractivity contribution >= 4 is 10.9 Å². The Labute approximate surface area is 105 Å². The van der Waals surface area contributed by atoms with Gasteiger partial charge in [-0.2, -0.15) is 4.80 Å². The molecule has 2 heterocycles. The predicted molar refractivity (Wildman–Crippen MR) is 70.1 cm³/mol. The third-order valence-corrected chi connectivity index (χ3v) is 3.22. The van der Waals surface area contributed by atoms with Gasteiger partial charge >= 0.3 is 0 Å². The number of hydrogen-bond donors (Lipinski definition) is 0. The molecule has 0 spiro atoms. The molecular weight excluding hydrogens is 226 g/mol. The average Bonchev–Trinajstić information content (AvgIpc) is 2.94. The van der Waals surface area contributed by atoms with Crippen molar-refractivity contribution in [2.45, 2.75) is 13.3 Å². The second-order valence-corrected chi connectivity index (χ2v) is 4.45. The molecule has 0 atom stereocenters. The summed E-state index contributed by atoms with van der Waals surface area (Å²) in [6.07, 6.45) is 3.22. The Hall–Kier alpha value is -2.17. The lowest BCUT2D eigenvalue weighted by Crippen LogP contribution is -1.92. The van der Waals surface area contributed by atoms with Crippen LogP contribution in [0, 0.1) is 0 Å². The number of rotatable bonds is 2. The largest absolute Gasteiger partial charge is 0.350 e. The normalized spacial score (nSPS) is 11.3. The van der Waals surface area contributed by atoms with Gasteiger partial charge in [-0.25, -0.2) is 0 Å². The van der Waals surface area contributed by atoms with Gasteiger partial charge in [0.15, 0.2) is 0 Å². The molecule has 3 rings (SSSR count). The smallest absolute Gasteiger partial charge is 0.204 e. The first-order valence-electron chi connectivity index (χ1n) is 6.01. The molecule has 92 valence electrons. The van der Waals surface area contributed by atoms with Crippen LogP contribution in [0.2, 0.25) is 0 Å². The topological polar surface area (TPSA) is 48.5 Å². The molecule has 5 heteroatoms. The Kier molecular flexibility index (Phi) is 2.40. The van der Waals surface area contributed by atoms with Crippen LogP contribution in [0.3, 0.4) is 0 Å². The van der Waals surface area contributed by atoms with Gasteiger partial charge in [-0.15, -0.1) is 10.2 Å². The minimum absolute atomic E-state index is 0.665. The number of aromatic nitrogens is 5. The van der Waals surface area contributed by atoms with E-state index in [9.17, 15) is 0 Å². The molecule has 18 heavy (non-hydrogen) atoms. The number of aryl methyl sites for hydroxylation is 3. The second-order valence-electron chi connectivity index (χ2n) is 4.45. The van der Waals surface area contributed by atoms with Crippen LogP contribution in [0.4, 0.5) is 0 Å².